The maximum absolute atomic E-state index is 6.05. The number of nitrogens with zero attached hydrogens (tertiary/aromatic N) is 2. The van der Waals surface area contributed by atoms with Crippen molar-refractivity contribution in [3.8, 4) is 0 Å². The summed E-state index contributed by atoms with van der Waals surface area (Å²) < 4.78 is 12.1. The van der Waals surface area contributed by atoms with Gasteiger partial charge < -0.3 is 14.8 Å². The molecule has 5 nitrogen and oxygen atoms in total. The largest absolute Gasteiger partial charge is 0.475 e. The smallest absolute Gasteiger partial charge is 0.218 e. The number of rotatable bonds is 6. The molecule has 0 spiro atoms. The van der Waals surface area contributed by atoms with E-state index >= 15 is 0 Å². The molecule has 34 heavy (non-hydrogen) atoms. The molecule has 2 heterocycles. The molecule has 5 heteroatoms. The van der Waals surface area contributed by atoms with Crippen molar-refractivity contribution < 1.29 is 9.47 Å². The molecule has 0 aliphatic carbocycles. The molecule has 0 aromatic heterocycles. The minimum atomic E-state index is 0.0605. The number of para-hydroxylation sites is 2. The minimum absolute atomic E-state index is 0.0605. The number of benzene rings is 3. The third kappa shape index (κ3) is 4.84. The standard InChI is InChI=1S/C29H31N3O2/c1-29(2,3)26-19-34-28(32-26)23-14-8-10-16-25(23)31-24-15-9-7-13-22(24)27-30-21(18-33-27)17-20-11-5-4-6-12-20/h4-16,21,26,31H,17-19H2,1-3H3/t21-,26+/m0/s1. The van der Waals surface area contributed by atoms with Gasteiger partial charge >= 0.3 is 0 Å². The Bertz CT molecular complexity index is 1210. The molecule has 3 aromatic carbocycles. The van der Waals surface area contributed by atoms with Crippen LogP contribution in [0, 0.1) is 5.41 Å². The van der Waals surface area contributed by atoms with E-state index in [1.54, 1.807) is 0 Å². The topological polar surface area (TPSA) is 55.2 Å². The first-order valence-electron chi connectivity index (χ1n) is 11.9. The Morgan fingerprint density at radius 2 is 1.29 bits per heavy atom. The Labute approximate surface area is 201 Å². The Hall–Kier alpha value is -3.60. The summed E-state index contributed by atoms with van der Waals surface area (Å²) in [5, 5.41) is 3.59. The highest BCUT2D eigenvalue weighted by atomic mass is 16.5. The molecular formula is C29H31N3O2. The van der Waals surface area contributed by atoms with Crippen molar-refractivity contribution in [1.82, 2.24) is 0 Å². The fraction of sp³-hybridized carbons (Fsp3) is 0.310. The molecule has 174 valence electrons. The average molecular weight is 454 g/mol. The summed E-state index contributed by atoms with van der Waals surface area (Å²) in [6.07, 6.45) is 0.870. The van der Waals surface area contributed by atoms with Crippen LogP contribution in [0.2, 0.25) is 0 Å². The quantitative estimate of drug-likeness (QED) is 0.497. The van der Waals surface area contributed by atoms with Gasteiger partial charge in [-0.2, -0.15) is 0 Å². The van der Waals surface area contributed by atoms with E-state index in [1.165, 1.54) is 5.56 Å². The van der Waals surface area contributed by atoms with Crippen LogP contribution in [0.4, 0.5) is 11.4 Å². The molecule has 0 saturated heterocycles. The lowest BCUT2D eigenvalue weighted by Crippen LogP contribution is -2.25. The van der Waals surface area contributed by atoms with E-state index in [0.29, 0.717) is 25.0 Å². The first-order valence-corrected chi connectivity index (χ1v) is 11.9. The van der Waals surface area contributed by atoms with E-state index in [0.717, 1.165) is 28.9 Å². The molecule has 2 aliphatic heterocycles. The zero-order valence-corrected chi connectivity index (χ0v) is 20.0. The lowest BCUT2D eigenvalue weighted by Gasteiger charge is -2.21. The van der Waals surface area contributed by atoms with E-state index in [9.17, 15) is 0 Å². The van der Waals surface area contributed by atoms with E-state index in [2.05, 4.69) is 62.5 Å². The second-order valence-corrected chi connectivity index (χ2v) is 9.93. The molecule has 0 bridgehead atoms. The highest BCUT2D eigenvalue weighted by molar-refractivity contribution is 6.04. The third-order valence-corrected chi connectivity index (χ3v) is 6.26. The number of anilines is 2. The fourth-order valence-electron chi connectivity index (χ4n) is 4.22. The monoisotopic (exact) mass is 453 g/mol. The number of aliphatic imine (C=N–C) groups is 2. The van der Waals surface area contributed by atoms with Crippen molar-refractivity contribution >= 4 is 23.2 Å². The van der Waals surface area contributed by atoms with Gasteiger partial charge in [-0.15, -0.1) is 0 Å². The summed E-state index contributed by atoms with van der Waals surface area (Å²) in [6.45, 7) is 7.79. The molecule has 3 aromatic rings. The van der Waals surface area contributed by atoms with Crippen molar-refractivity contribution in [3.63, 3.8) is 0 Å². The van der Waals surface area contributed by atoms with E-state index in [1.807, 2.05) is 42.5 Å². The van der Waals surface area contributed by atoms with E-state index in [-0.39, 0.29) is 17.5 Å². The molecule has 0 unspecified atom stereocenters. The van der Waals surface area contributed by atoms with Crippen LogP contribution in [0.1, 0.15) is 37.5 Å². The van der Waals surface area contributed by atoms with Gasteiger partial charge in [0.15, 0.2) is 0 Å². The Balaban J connectivity index is 1.39. The zero-order chi connectivity index (χ0) is 23.5. The highest BCUT2D eigenvalue weighted by Gasteiger charge is 2.31. The van der Waals surface area contributed by atoms with Crippen molar-refractivity contribution in [2.45, 2.75) is 39.3 Å². The predicted molar refractivity (Wildman–Crippen MR) is 138 cm³/mol. The van der Waals surface area contributed by atoms with Crippen molar-refractivity contribution in [2.24, 2.45) is 15.4 Å². The molecular weight excluding hydrogens is 422 g/mol. The highest BCUT2D eigenvalue weighted by Crippen LogP contribution is 2.31. The van der Waals surface area contributed by atoms with Crippen molar-refractivity contribution in [1.29, 1.82) is 0 Å². The van der Waals surface area contributed by atoms with Crippen LogP contribution in [0.5, 0.6) is 0 Å². The van der Waals surface area contributed by atoms with E-state index in [4.69, 9.17) is 19.5 Å². The number of ether oxygens (including phenoxy) is 2. The Morgan fingerprint density at radius 1 is 0.735 bits per heavy atom. The first-order chi connectivity index (χ1) is 16.5. The van der Waals surface area contributed by atoms with Crippen LogP contribution in [0.25, 0.3) is 0 Å². The van der Waals surface area contributed by atoms with Crippen LogP contribution in [-0.4, -0.2) is 37.1 Å². The number of hydrogen-bond donors (Lipinski definition) is 1. The third-order valence-electron chi connectivity index (χ3n) is 6.26. The van der Waals surface area contributed by atoms with Gasteiger partial charge in [0.2, 0.25) is 11.8 Å². The molecule has 5 rings (SSSR count). The van der Waals surface area contributed by atoms with Gasteiger partial charge in [0, 0.05) is 0 Å². The normalized spacial score (nSPS) is 19.7. The van der Waals surface area contributed by atoms with Crippen LogP contribution < -0.4 is 5.32 Å². The Morgan fingerprint density at radius 3 is 1.91 bits per heavy atom. The molecule has 0 radical (unpaired) electrons. The maximum Gasteiger partial charge on any atom is 0.218 e. The SMILES string of the molecule is CC(C)(C)[C@H]1COC(c2ccccc2Nc2ccccc2C2=N[C@@H](Cc3ccccc3)CO2)=N1. The zero-order valence-electron chi connectivity index (χ0n) is 20.0. The van der Waals surface area contributed by atoms with Crippen molar-refractivity contribution in [3.05, 3.63) is 95.6 Å². The predicted octanol–water partition coefficient (Wildman–Crippen LogP) is 6.01. The van der Waals surface area contributed by atoms with Crippen LogP contribution in [-0.2, 0) is 15.9 Å². The summed E-state index contributed by atoms with van der Waals surface area (Å²) >= 11 is 0. The van der Waals surface area contributed by atoms with Crippen LogP contribution >= 0.6 is 0 Å². The van der Waals surface area contributed by atoms with Gasteiger partial charge in [0.1, 0.15) is 13.2 Å². The van der Waals surface area contributed by atoms with Crippen LogP contribution in [0.3, 0.4) is 0 Å². The summed E-state index contributed by atoms with van der Waals surface area (Å²) in [6, 6.07) is 27.0. The number of hydrogen-bond acceptors (Lipinski definition) is 5. The maximum atomic E-state index is 6.05. The van der Waals surface area contributed by atoms with Crippen molar-refractivity contribution in [2.75, 3.05) is 18.5 Å². The fourth-order valence-corrected chi connectivity index (χ4v) is 4.22. The Kier molecular flexibility index (Phi) is 6.10. The molecule has 2 atom stereocenters. The summed E-state index contributed by atoms with van der Waals surface area (Å²) in [5.41, 5.74) is 5.13. The minimum Gasteiger partial charge on any atom is -0.475 e. The first kappa shape index (κ1) is 22.2. The van der Waals surface area contributed by atoms with Gasteiger partial charge in [-0.3, -0.25) is 0 Å². The lowest BCUT2D eigenvalue weighted by molar-refractivity contribution is 0.236. The van der Waals surface area contributed by atoms with Gasteiger partial charge in [0.25, 0.3) is 0 Å². The van der Waals surface area contributed by atoms with Gasteiger partial charge in [-0.25, -0.2) is 9.98 Å². The van der Waals surface area contributed by atoms with Crippen LogP contribution in [0.15, 0.2) is 88.8 Å². The molecule has 0 amide bonds. The molecule has 1 N–H and O–H groups in total. The molecule has 0 saturated carbocycles. The van der Waals surface area contributed by atoms with E-state index < -0.39 is 0 Å². The van der Waals surface area contributed by atoms with Gasteiger partial charge in [-0.1, -0.05) is 75.4 Å². The van der Waals surface area contributed by atoms with Gasteiger partial charge in [0.05, 0.1) is 34.6 Å². The second kappa shape index (κ2) is 9.34. The lowest BCUT2D eigenvalue weighted by atomic mass is 9.88. The summed E-state index contributed by atoms with van der Waals surface area (Å²) in [4.78, 5) is 9.79. The second-order valence-electron chi connectivity index (χ2n) is 9.93. The molecule has 2 aliphatic rings. The summed E-state index contributed by atoms with van der Waals surface area (Å²) in [5.74, 6) is 1.38. The summed E-state index contributed by atoms with van der Waals surface area (Å²) in [7, 11) is 0. The molecule has 0 fully saturated rings. The van der Waals surface area contributed by atoms with Gasteiger partial charge in [-0.05, 0) is 41.7 Å². The average Bonchev–Trinajstić information content (AvgIpc) is 3.51. The number of nitrogens with one attached hydrogen (secondary N) is 1.